The van der Waals surface area contributed by atoms with Crippen LogP contribution >= 0.6 is 11.8 Å². The summed E-state index contributed by atoms with van der Waals surface area (Å²) in [6.07, 6.45) is 0.857. The Kier molecular flexibility index (Phi) is 7.68. The van der Waals surface area contributed by atoms with Crippen molar-refractivity contribution >= 4 is 40.9 Å². The van der Waals surface area contributed by atoms with Crippen molar-refractivity contribution in [3.05, 3.63) is 59.9 Å². The number of carbonyl (C=O) groups is 3. The zero-order chi connectivity index (χ0) is 22.4. The Morgan fingerprint density at radius 3 is 2.58 bits per heavy atom. The lowest BCUT2D eigenvalue weighted by atomic mass is 10.0. The van der Waals surface area contributed by atoms with Gasteiger partial charge in [0.15, 0.2) is 6.10 Å². The minimum absolute atomic E-state index is 0.0233. The molecule has 0 bridgehead atoms. The number of amides is 2. The molecule has 8 heteroatoms. The van der Waals surface area contributed by atoms with Crippen molar-refractivity contribution < 1.29 is 23.5 Å². The number of thioether (sulfide) groups is 1. The summed E-state index contributed by atoms with van der Waals surface area (Å²) in [5, 5.41) is 2.01. The first-order valence-corrected chi connectivity index (χ1v) is 11.2. The maximum absolute atomic E-state index is 12.9. The fourth-order valence-electron chi connectivity index (χ4n) is 3.30. The van der Waals surface area contributed by atoms with Gasteiger partial charge in [-0.1, -0.05) is 18.2 Å². The maximum atomic E-state index is 12.9. The zero-order valence-electron chi connectivity index (χ0n) is 17.5. The molecule has 2 aromatic carbocycles. The molecule has 2 aromatic rings. The van der Waals surface area contributed by atoms with Gasteiger partial charge < -0.3 is 15.0 Å². The minimum atomic E-state index is -0.922. The van der Waals surface area contributed by atoms with E-state index in [2.05, 4.69) is 5.32 Å². The van der Waals surface area contributed by atoms with E-state index in [-0.39, 0.29) is 23.4 Å². The van der Waals surface area contributed by atoms with Gasteiger partial charge in [-0.3, -0.25) is 14.4 Å². The third-order valence-corrected chi connectivity index (χ3v) is 6.06. The highest BCUT2D eigenvalue weighted by molar-refractivity contribution is 8.01. The third kappa shape index (κ3) is 6.07. The van der Waals surface area contributed by atoms with Crippen LogP contribution in [-0.2, 0) is 25.5 Å². The summed E-state index contributed by atoms with van der Waals surface area (Å²) in [6, 6.07) is 13.2. The van der Waals surface area contributed by atoms with Crippen LogP contribution in [0.3, 0.4) is 0 Å². The second kappa shape index (κ2) is 10.4. The Morgan fingerprint density at radius 2 is 1.84 bits per heavy atom. The van der Waals surface area contributed by atoms with Crippen molar-refractivity contribution in [3.63, 3.8) is 0 Å². The fraction of sp³-hybridized carbons (Fsp3) is 0.348. The van der Waals surface area contributed by atoms with Gasteiger partial charge in [0.2, 0.25) is 5.91 Å². The second-order valence-electron chi connectivity index (χ2n) is 7.31. The number of esters is 1. The summed E-state index contributed by atoms with van der Waals surface area (Å²) in [7, 11) is 0. The number of nitrogens with zero attached hydrogens (tertiary/aromatic N) is 1. The molecule has 2 atom stereocenters. The van der Waals surface area contributed by atoms with Crippen LogP contribution < -0.4 is 10.2 Å². The largest absolute Gasteiger partial charge is 0.452 e. The van der Waals surface area contributed by atoms with Gasteiger partial charge in [-0.2, -0.15) is 0 Å². The van der Waals surface area contributed by atoms with E-state index in [9.17, 15) is 18.8 Å². The predicted octanol–water partition coefficient (Wildman–Crippen LogP) is 3.80. The van der Waals surface area contributed by atoms with Crippen molar-refractivity contribution in [1.29, 1.82) is 0 Å². The van der Waals surface area contributed by atoms with Crippen molar-refractivity contribution in [2.75, 3.05) is 22.5 Å². The van der Waals surface area contributed by atoms with Crippen LogP contribution in [-0.4, -0.2) is 41.4 Å². The molecule has 0 spiro atoms. The highest BCUT2D eigenvalue weighted by Crippen LogP contribution is 2.27. The van der Waals surface area contributed by atoms with Crippen molar-refractivity contribution in [2.45, 2.75) is 38.0 Å². The average Bonchev–Trinajstić information content (AvgIpc) is 2.78. The van der Waals surface area contributed by atoms with E-state index in [1.54, 1.807) is 18.7 Å². The molecule has 0 aromatic heterocycles. The number of ether oxygens (including phenoxy) is 1. The van der Waals surface area contributed by atoms with Gasteiger partial charge in [0.1, 0.15) is 11.1 Å². The number of benzene rings is 2. The van der Waals surface area contributed by atoms with Gasteiger partial charge in [-0.25, -0.2) is 4.39 Å². The first kappa shape index (κ1) is 22.8. The normalized spacial score (nSPS) is 14.9. The Morgan fingerprint density at radius 1 is 1.13 bits per heavy atom. The summed E-state index contributed by atoms with van der Waals surface area (Å²) in [5.41, 5.74) is 2.45. The van der Waals surface area contributed by atoms with E-state index in [1.165, 1.54) is 24.3 Å². The van der Waals surface area contributed by atoms with Gasteiger partial charge in [-0.05, 0) is 62.6 Å². The third-order valence-electron chi connectivity index (χ3n) is 4.94. The van der Waals surface area contributed by atoms with Gasteiger partial charge in [0, 0.05) is 17.9 Å². The fourth-order valence-corrected chi connectivity index (χ4v) is 3.97. The lowest BCUT2D eigenvalue weighted by molar-refractivity contribution is -0.153. The molecule has 31 heavy (non-hydrogen) atoms. The monoisotopic (exact) mass is 444 g/mol. The van der Waals surface area contributed by atoms with Crippen LogP contribution in [0.1, 0.15) is 25.8 Å². The Balaban J connectivity index is 1.48. The quantitative estimate of drug-likeness (QED) is 0.658. The van der Waals surface area contributed by atoms with E-state index in [4.69, 9.17) is 4.74 Å². The number of aryl methyl sites for hydroxylation is 1. The number of hydrogen-bond acceptors (Lipinski definition) is 5. The van der Waals surface area contributed by atoms with E-state index in [0.717, 1.165) is 35.9 Å². The standard InChI is InChI=1S/C23H25FN2O4S/c1-15(22(28)26-13-5-7-17-6-3-4-8-20(17)26)30-23(29)16(2)31-14-21(27)25-19-11-9-18(24)10-12-19/h3-4,6,8-12,15-16H,5,7,13-14H2,1-2H3,(H,25,27). The number of carbonyl (C=O) groups excluding carboxylic acids is 3. The number of anilines is 2. The molecular weight excluding hydrogens is 419 g/mol. The summed E-state index contributed by atoms with van der Waals surface area (Å²) >= 11 is 1.11. The van der Waals surface area contributed by atoms with E-state index in [1.807, 2.05) is 24.3 Å². The first-order chi connectivity index (χ1) is 14.8. The summed E-state index contributed by atoms with van der Waals surface area (Å²) in [5.74, 6) is -1.49. The molecule has 0 saturated heterocycles. The van der Waals surface area contributed by atoms with Crippen LogP contribution in [0.25, 0.3) is 0 Å². The second-order valence-corrected chi connectivity index (χ2v) is 8.64. The van der Waals surface area contributed by atoms with Crippen LogP contribution in [0.4, 0.5) is 15.8 Å². The molecule has 1 aliphatic rings. The topological polar surface area (TPSA) is 75.7 Å². The molecule has 0 radical (unpaired) electrons. The Hall–Kier alpha value is -2.87. The van der Waals surface area contributed by atoms with Gasteiger partial charge >= 0.3 is 5.97 Å². The molecule has 1 N–H and O–H groups in total. The van der Waals surface area contributed by atoms with Gasteiger partial charge in [0.25, 0.3) is 5.91 Å². The van der Waals surface area contributed by atoms with E-state index >= 15 is 0 Å². The SMILES string of the molecule is CC(OC(=O)C(C)SCC(=O)Nc1ccc(F)cc1)C(=O)N1CCCc2ccccc21. The average molecular weight is 445 g/mol. The lowest BCUT2D eigenvalue weighted by Crippen LogP contribution is -2.43. The molecule has 2 amide bonds. The number of nitrogens with one attached hydrogen (secondary N) is 1. The van der Waals surface area contributed by atoms with Crippen molar-refractivity contribution in [3.8, 4) is 0 Å². The summed E-state index contributed by atoms with van der Waals surface area (Å²) in [6.45, 7) is 3.78. The van der Waals surface area contributed by atoms with Crippen LogP contribution in [0.5, 0.6) is 0 Å². The molecular formula is C23H25FN2O4S. The molecule has 0 saturated carbocycles. The van der Waals surface area contributed by atoms with E-state index in [0.29, 0.717) is 12.2 Å². The zero-order valence-corrected chi connectivity index (χ0v) is 18.3. The minimum Gasteiger partial charge on any atom is -0.452 e. The molecule has 3 rings (SSSR count). The number of fused-ring (bicyclic) bond motifs is 1. The van der Waals surface area contributed by atoms with Crippen molar-refractivity contribution in [2.24, 2.45) is 0 Å². The number of rotatable bonds is 7. The predicted molar refractivity (Wildman–Crippen MR) is 120 cm³/mol. The molecule has 0 fully saturated rings. The van der Waals surface area contributed by atoms with Gasteiger partial charge in [0.05, 0.1) is 5.75 Å². The molecule has 0 aliphatic carbocycles. The molecule has 1 aliphatic heterocycles. The molecule has 1 heterocycles. The van der Waals surface area contributed by atoms with Gasteiger partial charge in [-0.15, -0.1) is 11.8 Å². The summed E-state index contributed by atoms with van der Waals surface area (Å²) < 4.78 is 18.3. The maximum Gasteiger partial charge on any atom is 0.319 e. The van der Waals surface area contributed by atoms with Crippen molar-refractivity contribution in [1.82, 2.24) is 0 Å². The molecule has 164 valence electrons. The van der Waals surface area contributed by atoms with E-state index < -0.39 is 17.3 Å². The Labute approximate surface area is 185 Å². The smallest absolute Gasteiger partial charge is 0.319 e. The number of hydrogen-bond donors (Lipinski definition) is 1. The van der Waals surface area contributed by atoms with Crippen LogP contribution in [0.2, 0.25) is 0 Å². The molecule has 6 nitrogen and oxygen atoms in total. The number of para-hydroxylation sites is 1. The Bertz CT molecular complexity index is 951. The summed E-state index contributed by atoms with van der Waals surface area (Å²) in [4.78, 5) is 39.0. The number of halogens is 1. The highest BCUT2D eigenvalue weighted by Gasteiger charge is 2.29. The van der Waals surface area contributed by atoms with Crippen LogP contribution in [0.15, 0.2) is 48.5 Å². The first-order valence-electron chi connectivity index (χ1n) is 10.1. The lowest BCUT2D eigenvalue weighted by Gasteiger charge is -2.31. The molecule has 2 unspecified atom stereocenters. The van der Waals surface area contributed by atoms with Crippen LogP contribution in [0, 0.1) is 5.82 Å². The highest BCUT2D eigenvalue weighted by atomic mass is 32.2.